The van der Waals surface area contributed by atoms with Crippen molar-refractivity contribution in [2.75, 3.05) is 0 Å². The van der Waals surface area contributed by atoms with Gasteiger partial charge in [0.25, 0.3) is 0 Å². The largest absolute Gasteiger partial charge is 0.196 e. The van der Waals surface area contributed by atoms with Crippen molar-refractivity contribution in [2.45, 2.75) is 6.92 Å². The van der Waals surface area contributed by atoms with Crippen LogP contribution < -0.4 is 0 Å². The van der Waals surface area contributed by atoms with Crippen LogP contribution in [0.4, 0.5) is 0 Å². The Morgan fingerprint density at radius 3 is 2.43 bits per heavy atom. The molecule has 0 amide bonds. The summed E-state index contributed by atoms with van der Waals surface area (Å²) in [5.41, 5.74) is 0.738. The molecule has 1 aromatic rings. The van der Waals surface area contributed by atoms with Crippen molar-refractivity contribution in [2.24, 2.45) is 0 Å². The van der Waals surface area contributed by atoms with Crippen molar-refractivity contribution in [3.8, 4) is 0 Å². The van der Waals surface area contributed by atoms with E-state index in [1.165, 1.54) is 0 Å². The molecule has 0 aromatic carbocycles. The lowest BCUT2D eigenvalue weighted by molar-refractivity contribution is 0.928. The molecule has 0 aliphatic rings. The number of halogens is 1. The lowest BCUT2D eigenvalue weighted by Crippen LogP contribution is -1.67. The first-order valence-electron chi connectivity index (χ1n) is 1.83. The monoisotopic (exact) mass is 117 g/mol. The topological polar surface area (TPSA) is 41.6 Å². The first-order chi connectivity index (χ1) is 3.30. The molecule has 0 fully saturated rings. The first kappa shape index (κ1) is 4.59. The van der Waals surface area contributed by atoms with Gasteiger partial charge in [0.05, 0.1) is 5.69 Å². The van der Waals surface area contributed by atoms with E-state index < -0.39 is 0 Å². The minimum absolute atomic E-state index is 0.444. The normalized spacial score (nSPS) is 9.43. The summed E-state index contributed by atoms with van der Waals surface area (Å²) in [7, 11) is 0. The number of nitrogens with zero attached hydrogens (tertiary/aromatic N) is 2. The molecule has 38 valence electrons. The molecule has 1 rings (SSSR count). The molecule has 0 radical (unpaired) electrons. The van der Waals surface area contributed by atoms with Crippen LogP contribution in [0.25, 0.3) is 0 Å². The van der Waals surface area contributed by atoms with Gasteiger partial charge in [0.15, 0.2) is 5.15 Å². The lowest BCUT2D eigenvalue weighted by Gasteiger charge is -1.71. The number of hydrogen-bond acceptors (Lipinski definition) is 2. The highest BCUT2D eigenvalue weighted by atomic mass is 35.5. The molecule has 0 saturated carbocycles. The summed E-state index contributed by atoms with van der Waals surface area (Å²) >= 11 is 5.42. The summed E-state index contributed by atoms with van der Waals surface area (Å²) in [6.45, 7) is 1.78. The standard InChI is InChI=1S/C3H4ClN3/c1-2-3(4)6-7-5-2/h1H3,(H,5,6,7). The van der Waals surface area contributed by atoms with Gasteiger partial charge in [-0.25, -0.2) is 0 Å². The zero-order valence-electron chi connectivity index (χ0n) is 3.77. The molecule has 0 aliphatic carbocycles. The van der Waals surface area contributed by atoms with Crippen LogP contribution in [0.15, 0.2) is 0 Å². The molecule has 0 bridgehead atoms. The maximum Gasteiger partial charge on any atom is 0.173 e. The van der Waals surface area contributed by atoms with Crippen LogP contribution in [0.3, 0.4) is 0 Å². The Bertz CT molecular complexity index is 142. The van der Waals surface area contributed by atoms with E-state index in [4.69, 9.17) is 11.6 Å². The molecular weight excluding hydrogens is 114 g/mol. The number of rotatable bonds is 0. The van der Waals surface area contributed by atoms with E-state index in [1.54, 1.807) is 6.92 Å². The summed E-state index contributed by atoms with van der Waals surface area (Å²) in [4.78, 5) is 0. The zero-order valence-corrected chi connectivity index (χ0v) is 4.53. The Hall–Kier alpha value is -0.570. The Labute approximate surface area is 45.7 Å². The number of H-pyrrole nitrogens is 1. The van der Waals surface area contributed by atoms with Crippen LogP contribution in [0.1, 0.15) is 5.69 Å². The van der Waals surface area contributed by atoms with Gasteiger partial charge in [-0.3, -0.25) is 0 Å². The number of hydrogen-bond donors (Lipinski definition) is 1. The van der Waals surface area contributed by atoms with Crippen molar-refractivity contribution >= 4 is 11.6 Å². The minimum atomic E-state index is 0.444. The molecule has 0 aliphatic heterocycles. The number of aromatic amines is 1. The summed E-state index contributed by atoms with van der Waals surface area (Å²) in [6.07, 6.45) is 0. The van der Waals surface area contributed by atoms with Crippen LogP contribution >= 0.6 is 11.6 Å². The zero-order chi connectivity index (χ0) is 5.28. The van der Waals surface area contributed by atoms with Gasteiger partial charge in [0.2, 0.25) is 0 Å². The Morgan fingerprint density at radius 2 is 2.29 bits per heavy atom. The predicted octanol–water partition coefficient (Wildman–Crippen LogP) is 0.767. The quantitative estimate of drug-likeness (QED) is 0.545. The molecule has 0 saturated heterocycles. The van der Waals surface area contributed by atoms with Gasteiger partial charge in [-0.1, -0.05) is 11.6 Å². The predicted molar refractivity (Wildman–Crippen MR) is 26.1 cm³/mol. The smallest absolute Gasteiger partial charge is 0.173 e. The highest BCUT2D eigenvalue weighted by Crippen LogP contribution is 2.03. The Kier molecular flexibility index (Phi) is 0.982. The third kappa shape index (κ3) is 0.718. The van der Waals surface area contributed by atoms with Gasteiger partial charge in [-0.05, 0) is 6.92 Å². The molecule has 4 heteroatoms. The average Bonchev–Trinajstić information content (AvgIpc) is 1.91. The van der Waals surface area contributed by atoms with Crippen LogP contribution in [-0.2, 0) is 0 Å². The van der Waals surface area contributed by atoms with Gasteiger partial charge in [0, 0.05) is 0 Å². The van der Waals surface area contributed by atoms with Gasteiger partial charge in [-0.15, -0.1) is 5.10 Å². The first-order valence-corrected chi connectivity index (χ1v) is 2.21. The average molecular weight is 118 g/mol. The summed E-state index contributed by atoms with van der Waals surface area (Å²) < 4.78 is 0. The van der Waals surface area contributed by atoms with Gasteiger partial charge in [-0.2, -0.15) is 10.3 Å². The molecule has 0 unspecified atom stereocenters. The maximum atomic E-state index is 5.42. The summed E-state index contributed by atoms with van der Waals surface area (Å²) in [5, 5.41) is 10.0. The fourth-order valence-corrected chi connectivity index (χ4v) is 0.351. The molecule has 1 N–H and O–H groups in total. The van der Waals surface area contributed by atoms with Gasteiger partial charge in [0.1, 0.15) is 0 Å². The van der Waals surface area contributed by atoms with Gasteiger partial charge >= 0.3 is 0 Å². The van der Waals surface area contributed by atoms with Crippen LogP contribution in [0.2, 0.25) is 5.15 Å². The van der Waals surface area contributed by atoms with E-state index in [0.29, 0.717) is 5.15 Å². The third-order valence-electron chi connectivity index (χ3n) is 0.664. The van der Waals surface area contributed by atoms with Crippen LogP contribution in [0.5, 0.6) is 0 Å². The van der Waals surface area contributed by atoms with E-state index in [0.717, 1.165) is 5.69 Å². The second kappa shape index (κ2) is 1.50. The van der Waals surface area contributed by atoms with E-state index in [2.05, 4.69) is 15.4 Å². The molecule has 0 spiro atoms. The SMILES string of the molecule is Cc1n[nH]nc1Cl. The highest BCUT2D eigenvalue weighted by Gasteiger charge is 1.93. The van der Waals surface area contributed by atoms with E-state index in [1.807, 2.05) is 0 Å². The summed E-state index contributed by atoms with van der Waals surface area (Å²) in [6, 6.07) is 0. The fourth-order valence-electron chi connectivity index (χ4n) is 0.271. The molecule has 1 heterocycles. The van der Waals surface area contributed by atoms with Crippen molar-refractivity contribution in [1.29, 1.82) is 0 Å². The lowest BCUT2D eigenvalue weighted by atomic mass is 10.6. The second-order valence-electron chi connectivity index (χ2n) is 1.20. The minimum Gasteiger partial charge on any atom is -0.196 e. The van der Waals surface area contributed by atoms with Crippen LogP contribution in [0, 0.1) is 6.92 Å². The Balaban J connectivity index is 3.12. The molecule has 3 nitrogen and oxygen atoms in total. The number of aryl methyl sites for hydroxylation is 1. The third-order valence-corrected chi connectivity index (χ3v) is 1.02. The van der Waals surface area contributed by atoms with Crippen LogP contribution in [-0.4, -0.2) is 15.4 Å². The molecule has 0 atom stereocenters. The maximum absolute atomic E-state index is 5.42. The fraction of sp³-hybridized carbons (Fsp3) is 0.333. The Morgan fingerprint density at radius 1 is 1.57 bits per heavy atom. The van der Waals surface area contributed by atoms with Crippen molar-refractivity contribution in [3.05, 3.63) is 10.8 Å². The van der Waals surface area contributed by atoms with Crippen molar-refractivity contribution < 1.29 is 0 Å². The number of nitrogens with one attached hydrogen (secondary N) is 1. The van der Waals surface area contributed by atoms with Crippen molar-refractivity contribution in [1.82, 2.24) is 15.4 Å². The summed E-state index contributed by atoms with van der Waals surface area (Å²) in [5.74, 6) is 0. The van der Waals surface area contributed by atoms with E-state index >= 15 is 0 Å². The van der Waals surface area contributed by atoms with Gasteiger partial charge < -0.3 is 0 Å². The van der Waals surface area contributed by atoms with E-state index in [-0.39, 0.29) is 0 Å². The van der Waals surface area contributed by atoms with E-state index in [9.17, 15) is 0 Å². The second-order valence-corrected chi connectivity index (χ2v) is 1.56. The highest BCUT2D eigenvalue weighted by molar-refractivity contribution is 6.29. The molecular formula is C3H4ClN3. The van der Waals surface area contributed by atoms with Crippen molar-refractivity contribution in [3.63, 3.8) is 0 Å². The molecule has 7 heavy (non-hydrogen) atoms. The number of aromatic nitrogens is 3. The molecule has 1 aromatic heterocycles.